The zero-order valence-electron chi connectivity index (χ0n) is 23.5. The highest BCUT2D eigenvalue weighted by molar-refractivity contribution is 5.69. The lowest BCUT2D eigenvalue weighted by molar-refractivity contribution is -0.242. The predicted octanol–water partition coefficient (Wildman–Crippen LogP) is 6.52. The first-order chi connectivity index (χ1) is 17.7. The molecule has 3 saturated heterocycles. The molecular formula is C30H48O7. The summed E-state index contributed by atoms with van der Waals surface area (Å²) in [6.45, 7) is 9.70. The van der Waals surface area contributed by atoms with Crippen molar-refractivity contribution in [2.45, 2.75) is 141 Å². The number of unbranched alkanes of at least 4 members (excludes halogenated alkanes) is 5. The molecule has 0 unspecified atom stereocenters. The minimum Gasteiger partial charge on any atom is -0.463 e. The molecule has 0 aromatic heterocycles. The Balaban J connectivity index is 1.25. The van der Waals surface area contributed by atoms with E-state index in [1.165, 1.54) is 12.8 Å². The molecular weight excluding hydrogens is 472 g/mol. The molecule has 0 aromatic carbocycles. The minimum absolute atomic E-state index is 0.114. The summed E-state index contributed by atoms with van der Waals surface area (Å²) in [5.41, 5.74) is 0. The monoisotopic (exact) mass is 520 g/mol. The zero-order valence-corrected chi connectivity index (χ0v) is 23.5. The van der Waals surface area contributed by atoms with Crippen LogP contribution in [0.2, 0.25) is 0 Å². The average molecular weight is 521 g/mol. The van der Waals surface area contributed by atoms with Gasteiger partial charge in [0, 0.05) is 6.42 Å². The zero-order chi connectivity index (χ0) is 26.7. The van der Waals surface area contributed by atoms with Crippen LogP contribution >= 0.6 is 0 Å². The second-order valence-corrected chi connectivity index (χ2v) is 11.0. The van der Waals surface area contributed by atoms with Crippen LogP contribution in [0.1, 0.15) is 98.8 Å². The summed E-state index contributed by atoms with van der Waals surface area (Å²) in [4.78, 5) is 12.3. The average Bonchev–Trinajstić information content (AvgIpc) is 3.33. The van der Waals surface area contributed by atoms with E-state index in [0.29, 0.717) is 6.42 Å². The molecule has 0 aromatic rings. The molecule has 0 N–H and O–H groups in total. The van der Waals surface area contributed by atoms with Crippen LogP contribution in [0.25, 0.3) is 0 Å². The van der Waals surface area contributed by atoms with Gasteiger partial charge in [-0.15, -0.1) is 0 Å². The molecule has 7 nitrogen and oxygen atoms in total. The maximum atomic E-state index is 12.3. The van der Waals surface area contributed by atoms with Gasteiger partial charge < -0.3 is 28.4 Å². The molecule has 0 radical (unpaired) electrons. The van der Waals surface area contributed by atoms with Crippen LogP contribution < -0.4 is 0 Å². The van der Waals surface area contributed by atoms with Crippen molar-refractivity contribution in [3.63, 3.8) is 0 Å². The predicted molar refractivity (Wildman–Crippen MR) is 143 cm³/mol. The number of fused-ring (bicyclic) bond motifs is 3. The van der Waals surface area contributed by atoms with E-state index in [1.54, 1.807) is 0 Å². The molecule has 0 amide bonds. The van der Waals surface area contributed by atoms with Gasteiger partial charge in [0.1, 0.15) is 31.0 Å². The summed E-state index contributed by atoms with van der Waals surface area (Å²) in [6.07, 6.45) is 21.3. The van der Waals surface area contributed by atoms with Crippen molar-refractivity contribution in [1.29, 1.82) is 0 Å². The van der Waals surface area contributed by atoms with E-state index in [-0.39, 0.29) is 30.9 Å². The normalized spacial score (nSPS) is 30.4. The first-order valence-electron chi connectivity index (χ1n) is 14.2. The maximum absolute atomic E-state index is 12.3. The smallest absolute Gasteiger partial charge is 0.305 e. The van der Waals surface area contributed by atoms with Crippen LogP contribution in [0.5, 0.6) is 0 Å². The molecule has 3 aliphatic heterocycles. The maximum Gasteiger partial charge on any atom is 0.305 e. The molecule has 0 bridgehead atoms. The van der Waals surface area contributed by atoms with Crippen LogP contribution in [0.15, 0.2) is 36.5 Å². The fourth-order valence-electron chi connectivity index (χ4n) is 4.96. The SMILES string of the molecule is CC/C=C\C/C=C\C/C=C\CCCCCCCC(=O)OC[C@H]1O[C@@H]2OC(C)(C)O[C@@H]2[C@H]2OC(C)(C)O[C@H]21. The molecule has 0 spiro atoms. The topological polar surface area (TPSA) is 72.5 Å². The van der Waals surface area contributed by atoms with E-state index in [9.17, 15) is 4.79 Å². The molecule has 5 atom stereocenters. The third-order valence-electron chi connectivity index (χ3n) is 6.69. The van der Waals surface area contributed by atoms with Gasteiger partial charge in [0.05, 0.1) is 0 Å². The summed E-state index contributed by atoms with van der Waals surface area (Å²) in [5, 5.41) is 0. The van der Waals surface area contributed by atoms with Gasteiger partial charge in [-0.2, -0.15) is 0 Å². The van der Waals surface area contributed by atoms with Crippen molar-refractivity contribution in [2.75, 3.05) is 6.61 Å². The number of carbonyl (C=O) groups excluding carboxylic acids is 1. The first-order valence-corrected chi connectivity index (χ1v) is 14.2. The Morgan fingerprint density at radius 3 is 2.08 bits per heavy atom. The van der Waals surface area contributed by atoms with Crippen molar-refractivity contribution in [2.24, 2.45) is 0 Å². The molecule has 3 heterocycles. The van der Waals surface area contributed by atoms with Gasteiger partial charge in [-0.25, -0.2) is 0 Å². The summed E-state index contributed by atoms with van der Waals surface area (Å²) in [5.74, 6) is -1.73. The van der Waals surface area contributed by atoms with Crippen LogP contribution in [-0.2, 0) is 33.2 Å². The highest BCUT2D eigenvalue weighted by atomic mass is 16.9. The second kappa shape index (κ2) is 14.6. The van der Waals surface area contributed by atoms with Crippen molar-refractivity contribution < 1.29 is 33.2 Å². The third-order valence-corrected chi connectivity index (χ3v) is 6.69. The van der Waals surface area contributed by atoms with E-state index in [2.05, 4.69) is 43.4 Å². The van der Waals surface area contributed by atoms with Crippen molar-refractivity contribution in [1.82, 2.24) is 0 Å². The number of hydrogen-bond acceptors (Lipinski definition) is 7. The summed E-state index contributed by atoms with van der Waals surface area (Å²) in [7, 11) is 0. The molecule has 7 heteroatoms. The number of esters is 1. The van der Waals surface area contributed by atoms with E-state index in [1.807, 2.05) is 27.7 Å². The van der Waals surface area contributed by atoms with Crippen LogP contribution in [0, 0.1) is 0 Å². The summed E-state index contributed by atoms with van der Waals surface area (Å²) in [6, 6.07) is 0. The van der Waals surface area contributed by atoms with Crippen LogP contribution in [0.4, 0.5) is 0 Å². The van der Waals surface area contributed by atoms with E-state index in [0.717, 1.165) is 44.9 Å². The van der Waals surface area contributed by atoms with Crippen molar-refractivity contribution >= 4 is 5.97 Å². The van der Waals surface area contributed by atoms with E-state index < -0.39 is 24.0 Å². The van der Waals surface area contributed by atoms with Gasteiger partial charge in [-0.1, -0.05) is 62.6 Å². The fourth-order valence-corrected chi connectivity index (χ4v) is 4.96. The lowest BCUT2D eigenvalue weighted by Gasteiger charge is -2.36. The second-order valence-electron chi connectivity index (χ2n) is 11.0. The minimum atomic E-state index is -0.763. The lowest BCUT2D eigenvalue weighted by Crippen LogP contribution is -2.56. The van der Waals surface area contributed by atoms with E-state index >= 15 is 0 Å². The quantitative estimate of drug-likeness (QED) is 0.138. The Bertz CT molecular complexity index is 785. The van der Waals surface area contributed by atoms with Gasteiger partial charge in [0.15, 0.2) is 17.9 Å². The summed E-state index contributed by atoms with van der Waals surface area (Å²) < 4.78 is 35.7. The molecule has 210 valence electrons. The van der Waals surface area contributed by atoms with Gasteiger partial charge in [0.25, 0.3) is 0 Å². The van der Waals surface area contributed by atoms with Gasteiger partial charge >= 0.3 is 5.97 Å². The highest BCUT2D eigenvalue weighted by Crippen LogP contribution is 2.44. The Kier molecular flexibility index (Phi) is 11.8. The van der Waals surface area contributed by atoms with E-state index in [4.69, 9.17) is 28.4 Å². The highest BCUT2D eigenvalue weighted by Gasteiger charge is 2.60. The first kappa shape index (κ1) is 30.0. The molecule has 3 fully saturated rings. The van der Waals surface area contributed by atoms with Crippen molar-refractivity contribution in [3.05, 3.63) is 36.5 Å². The largest absolute Gasteiger partial charge is 0.463 e. The Morgan fingerprint density at radius 1 is 0.730 bits per heavy atom. The summed E-state index contributed by atoms with van der Waals surface area (Å²) >= 11 is 0. The van der Waals surface area contributed by atoms with Gasteiger partial charge in [-0.05, 0) is 66.2 Å². The fraction of sp³-hybridized carbons (Fsp3) is 0.767. The number of hydrogen-bond donors (Lipinski definition) is 0. The molecule has 3 aliphatic rings. The van der Waals surface area contributed by atoms with Crippen molar-refractivity contribution in [3.8, 4) is 0 Å². The lowest BCUT2D eigenvalue weighted by atomic mass is 9.99. The number of allylic oxidation sites excluding steroid dienone is 6. The molecule has 0 aliphatic carbocycles. The Labute approximate surface area is 223 Å². The number of ether oxygens (including phenoxy) is 6. The van der Waals surface area contributed by atoms with Crippen LogP contribution in [-0.4, -0.2) is 54.9 Å². The third kappa shape index (κ3) is 9.95. The van der Waals surface area contributed by atoms with Gasteiger partial charge in [0.2, 0.25) is 0 Å². The standard InChI is InChI=1S/C30H48O7/c1-6-7-8-9-10-11-12-13-14-15-16-17-18-19-20-21-24(31)32-22-23-25-26(35-29(2,3)34-25)27-28(33-23)37-30(4,5)36-27/h7-8,10-11,13-14,23,25-28H,6,9,12,15-22H2,1-5H3/b8-7-,11-10-,14-13-/t23-,25+,26+,27-,28-/m1/s1. The van der Waals surface area contributed by atoms with Crippen LogP contribution in [0.3, 0.4) is 0 Å². The number of carbonyl (C=O) groups is 1. The number of rotatable bonds is 15. The molecule has 37 heavy (non-hydrogen) atoms. The Hall–Kier alpha value is -1.51. The van der Waals surface area contributed by atoms with Gasteiger partial charge in [-0.3, -0.25) is 4.79 Å². The Morgan fingerprint density at radius 2 is 1.32 bits per heavy atom. The molecule has 0 saturated carbocycles. The molecule has 3 rings (SSSR count).